The van der Waals surface area contributed by atoms with Gasteiger partial charge in [-0.3, -0.25) is 4.79 Å². The number of carbonyl (C=O) groups is 1. The number of rotatable bonds is 4. The number of carbonyl (C=O) groups excluding carboxylic acids is 1. The van der Waals surface area contributed by atoms with Crippen molar-refractivity contribution in [2.24, 2.45) is 0 Å². The van der Waals surface area contributed by atoms with Gasteiger partial charge in [0.05, 0.1) is 27.0 Å². The molecule has 0 fully saturated rings. The Balaban J connectivity index is 2.02. The lowest BCUT2D eigenvalue weighted by molar-refractivity contribution is -0.114. The van der Waals surface area contributed by atoms with Crippen molar-refractivity contribution in [3.05, 3.63) is 33.8 Å². The Bertz CT molecular complexity index is 982. The third-order valence-corrected chi connectivity index (χ3v) is 6.27. The largest absolute Gasteiger partial charge is 0.332 e. The second-order valence-corrected chi connectivity index (χ2v) is 8.37. The van der Waals surface area contributed by atoms with E-state index in [1.807, 2.05) is 38.8 Å². The molecule has 3 heterocycles. The fourth-order valence-corrected chi connectivity index (χ4v) is 4.72. The molecule has 1 amide bonds. The lowest BCUT2D eigenvalue weighted by Gasteiger charge is -2.19. The number of pyridine rings is 1. The molecule has 9 heteroatoms. The van der Waals surface area contributed by atoms with Gasteiger partial charge in [0.25, 0.3) is 0 Å². The summed E-state index contributed by atoms with van der Waals surface area (Å²) in [5.74, 6) is -0.143. The molecule has 26 heavy (non-hydrogen) atoms. The highest BCUT2D eigenvalue weighted by atomic mass is 35.5. The van der Waals surface area contributed by atoms with Crippen molar-refractivity contribution in [1.82, 2.24) is 15.0 Å². The van der Waals surface area contributed by atoms with E-state index in [1.54, 1.807) is 17.5 Å². The average molecular weight is 408 g/mol. The number of aryl methyl sites for hydroxylation is 3. The standard InChI is InChI=1S/C17H18ClN5OS2/c1-8-14(26-17(21-8)22-10(3)24)12-6-13(15(18)19-7-12)23(5)16-9(2)20-11(4)25-16/h6-7H,1-5H3,(H,21,22,24). The van der Waals surface area contributed by atoms with Crippen molar-refractivity contribution in [2.45, 2.75) is 27.7 Å². The van der Waals surface area contributed by atoms with E-state index in [-0.39, 0.29) is 5.91 Å². The van der Waals surface area contributed by atoms with Gasteiger partial charge in [0.15, 0.2) is 10.3 Å². The Kier molecular flexibility index (Phi) is 5.27. The van der Waals surface area contributed by atoms with Crippen LogP contribution in [-0.2, 0) is 4.79 Å². The Morgan fingerprint density at radius 1 is 1.19 bits per heavy atom. The van der Waals surface area contributed by atoms with Gasteiger partial charge >= 0.3 is 0 Å². The molecule has 0 atom stereocenters. The Morgan fingerprint density at radius 3 is 2.54 bits per heavy atom. The van der Waals surface area contributed by atoms with Crippen LogP contribution in [0, 0.1) is 20.8 Å². The lowest BCUT2D eigenvalue weighted by atomic mass is 10.2. The summed E-state index contributed by atoms with van der Waals surface area (Å²) in [6.45, 7) is 7.33. The van der Waals surface area contributed by atoms with Crippen LogP contribution in [0.25, 0.3) is 10.4 Å². The molecule has 0 aromatic carbocycles. The van der Waals surface area contributed by atoms with Crippen LogP contribution in [0.2, 0.25) is 5.15 Å². The zero-order valence-corrected chi connectivity index (χ0v) is 17.4. The first kappa shape index (κ1) is 18.8. The van der Waals surface area contributed by atoms with Gasteiger partial charge in [0.2, 0.25) is 5.91 Å². The van der Waals surface area contributed by atoms with Gasteiger partial charge in [-0.25, -0.2) is 15.0 Å². The summed E-state index contributed by atoms with van der Waals surface area (Å²) in [4.78, 5) is 27.4. The molecule has 136 valence electrons. The maximum absolute atomic E-state index is 11.3. The number of amides is 1. The van der Waals surface area contributed by atoms with Crippen molar-refractivity contribution in [3.63, 3.8) is 0 Å². The number of aromatic nitrogens is 3. The molecule has 0 unspecified atom stereocenters. The summed E-state index contributed by atoms with van der Waals surface area (Å²) >= 11 is 9.39. The molecular weight excluding hydrogens is 390 g/mol. The zero-order valence-electron chi connectivity index (χ0n) is 15.0. The van der Waals surface area contributed by atoms with Gasteiger partial charge in [-0.05, 0) is 26.8 Å². The molecule has 3 rings (SSSR count). The minimum Gasteiger partial charge on any atom is -0.332 e. The average Bonchev–Trinajstić information content (AvgIpc) is 3.08. The fourth-order valence-electron chi connectivity index (χ4n) is 2.61. The van der Waals surface area contributed by atoms with E-state index in [0.29, 0.717) is 10.3 Å². The van der Waals surface area contributed by atoms with Crippen LogP contribution in [0.3, 0.4) is 0 Å². The van der Waals surface area contributed by atoms with Gasteiger partial charge in [0, 0.05) is 25.7 Å². The SMILES string of the molecule is CC(=O)Nc1nc(C)c(-c2cnc(Cl)c(N(C)c3sc(C)nc3C)c2)s1. The maximum Gasteiger partial charge on any atom is 0.223 e. The number of halogens is 1. The molecule has 1 N–H and O–H groups in total. The molecule has 0 aliphatic rings. The molecule has 0 saturated heterocycles. The summed E-state index contributed by atoms with van der Waals surface area (Å²) in [7, 11) is 1.95. The molecule has 0 saturated carbocycles. The third-order valence-electron chi connectivity index (χ3n) is 3.71. The minimum atomic E-state index is -0.143. The monoisotopic (exact) mass is 407 g/mol. The van der Waals surface area contributed by atoms with E-state index < -0.39 is 0 Å². The van der Waals surface area contributed by atoms with Crippen molar-refractivity contribution in [2.75, 3.05) is 17.3 Å². The van der Waals surface area contributed by atoms with E-state index in [0.717, 1.165) is 37.5 Å². The van der Waals surface area contributed by atoms with E-state index in [1.165, 1.54) is 18.3 Å². The van der Waals surface area contributed by atoms with Crippen LogP contribution >= 0.6 is 34.3 Å². The van der Waals surface area contributed by atoms with E-state index in [2.05, 4.69) is 20.3 Å². The predicted molar refractivity (Wildman–Crippen MR) is 109 cm³/mol. The Hall–Kier alpha value is -2.03. The second kappa shape index (κ2) is 7.30. The van der Waals surface area contributed by atoms with Gasteiger partial charge in [-0.2, -0.15) is 0 Å². The van der Waals surface area contributed by atoms with Gasteiger partial charge in [-0.15, -0.1) is 11.3 Å². The van der Waals surface area contributed by atoms with E-state index in [4.69, 9.17) is 11.6 Å². The maximum atomic E-state index is 11.3. The number of thiazole rings is 2. The summed E-state index contributed by atoms with van der Waals surface area (Å²) in [5, 5.41) is 5.75. The van der Waals surface area contributed by atoms with Gasteiger partial charge in [-0.1, -0.05) is 22.9 Å². The molecule has 0 spiro atoms. The normalized spacial score (nSPS) is 10.8. The van der Waals surface area contributed by atoms with Crippen LogP contribution in [-0.4, -0.2) is 27.9 Å². The number of nitrogens with zero attached hydrogens (tertiary/aromatic N) is 4. The molecule has 0 radical (unpaired) electrons. The first-order valence-corrected chi connectivity index (χ1v) is 9.86. The first-order chi connectivity index (χ1) is 12.3. The lowest BCUT2D eigenvalue weighted by Crippen LogP contribution is -2.10. The number of anilines is 3. The van der Waals surface area contributed by atoms with Crippen molar-refractivity contribution < 1.29 is 4.79 Å². The first-order valence-electron chi connectivity index (χ1n) is 7.85. The highest BCUT2D eigenvalue weighted by Gasteiger charge is 2.18. The third kappa shape index (κ3) is 3.72. The fraction of sp³-hybridized carbons (Fsp3) is 0.294. The van der Waals surface area contributed by atoms with Crippen LogP contribution in [0.4, 0.5) is 15.8 Å². The minimum absolute atomic E-state index is 0.143. The van der Waals surface area contributed by atoms with Crippen molar-refractivity contribution in [1.29, 1.82) is 0 Å². The smallest absolute Gasteiger partial charge is 0.223 e. The number of hydrogen-bond donors (Lipinski definition) is 1. The van der Waals surface area contributed by atoms with Crippen LogP contribution in [0.1, 0.15) is 23.3 Å². The molecular formula is C17H18ClN5OS2. The highest BCUT2D eigenvalue weighted by Crippen LogP contribution is 2.39. The Labute approximate surface area is 164 Å². The number of nitrogens with one attached hydrogen (secondary N) is 1. The molecule has 3 aromatic heterocycles. The van der Waals surface area contributed by atoms with Crippen molar-refractivity contribution in [3.8, 4) is 10.4 Å². The highest BCUT2D eigenvalue weighted by molar-refractivity contribution is 7.19. The molecule has 6 nitrogen and oxygen atoms in total. The summed E-state index contributed by atoms with van der Waals surface area (Å²) in [6, 6.07) is 1.99. The predicted octanol–water partition coefficient (Wildman–Crippen LogP) is 4.97. The van der Waals surface area contributed by atoms with Crippen LogP contribution in [0.15, 0.2) is 12.3 Å². The topological polar surface area (TPSA) is 71.0 Å². The molecule has 3 aromatic rings. The summed E-state index contributed by atoms with van der Waals surface area (Å²) in [6.07, 6.45) is 1.72. The quantitative estimate of drug-likeness (QED) is 0.618. The van der Waals surface area contributed by atoms with E-state index >= 15 is 0 Å². The number of hydrogen-bond acceptors (Lipinski definition) is 7. The second-order valence-electron chi connectivity index (χ2n) is 5.83. The summed E-state index contributed by atoms with van der Waals surface area (Å²) < 4.78 is 0. The van der Waals surface area contributed by atoms with E-state index in [9.17, 15) is 4.79 Å². The van der Waals surface area contributed by atoms with Crippen molar-refractivity contribution >= 4 is 56.0 Å². The van der Waals surface area contributed by atoms with Crippen LogP contribution in [0.5, 0.6) is 0 Å². The van der Waals surface area contributed by atoms with Crippen LogP contribution < -0.4 is 10.2 Å². The molecule has 0 aliphatic heterocycles. The van der Waals surface area contributed by atoms with Gasteiger partial charge < -0.3 is 10.2 Å². The Morgan fingerprint density at radius 2 is 1.92 bits per heavy atom. The van der Waals surface area contributed by atoms with Gasteiger partial charge in [0.1, 0.15) is 5.00 Å². The summed E-state index contributed by atoms with van der Waals surface area (Å²) in [5.41, 5.74) is 3.49. The molecule has 0 bridgehead atoms. The molecule has 0 aliphatic carbocycles. The zero-order chi connectivity index (χ0) is 19.0.